The molecule has 0 spiro atoms. The molecule has 1 saturated carbocycles. The van der Waals surface area contributed by atoms with Crippen LogP contribution in [0.1, 0.15) is 50.8 Å². The molecule has 1 aliphatic carbocycles. The minimum atomic E-state index is 0.470. The van der Waals surface area contributed by atoms with Gasteiger partial charge in [0, 0.05) is 20.1 Å². The molecule has 0 aliphatic heterocycles. The van der Waals surface area contributed by atoms with Gasteiger partial charge >= 0.3 is 0 Å². The minimum absolute atomic E-state index is 0.470. The molecule has 1 aliphatic rings. The molecule has 0 aromatic carbocycles. The van der Waals surface area contributed by atoms with Crippen LogP contribution in [0.15, 0.2) is 0 Å². The minimum Gasteiger partial charge on any atom is -0.356 e. The van der Waals surface area contributed by atoms with E-state index in [1.807, 2.05) is 18.7 Å². The number of aryl methyl sites for hydroxylation is 2. The number of hydrogen-bond acceptors (Lipinski definition) is 3. The largest absolute Gasteiger partial charge is 0.356 e. The molecule has 0 unspecified atom stereocenters. The standard InChI is InChI=1S/C15H24N4/c1-11-13(10-16)14(19(5)17-11)18(4)12-6-8-15(2,3)9-7-12/h12H,6-9H2,1-5H3. The second kappa shape index (κ2) is 4.88. The normalized spacial score (nSPS) is 19.2. The van der Waals surface area contributed by atoms with Gasteiger partial charge in [-0.15, -0.1) is 0 Å². The third-order valence-electron chi connectivity index (χ3n) is 4.49. The molecule has 4 heteroatoms. The summed E-state index contributed by atoms with van der Waals surface area (Å²) in [5, 5.41) is 13.7. The number of hydrogen-bond donors (Lipinski definition) is 0. The van der Waals surface area contributed by atoms with Crippen molar-refractivity contribution in [1.82, 2.24) is 9.78 Å². The lowest BCUT2D eigenvalue weighted by atomic mass is 9.75. The van der Waals surface area contributed by atoms with Crippen LogP contribution in [0, 0.1) is 23.7 Å². The van der Waals surface area contributed by atoms with E-state index in [4.69, 9.17) is 0 Å². The third-order valence-corrected chi connectivity index (χ3v) is 4.49. The summed E-state index contributed by atoms with van der Waals surface area (Å²) < 4.78 is 1.84. The van der Waals surface area contributed by atoms with Crippen molar-refractivity contribution in [1.29, 1.82) is 5.26 Å². The molecular weight excluding hydrogens is 236 g/mol. The van der Waals surface area contributed by atoms with Gasteiger partial charge in [-0.3, -0.25) is 4.68 Å². The van der Waals surface area contributed by atoms with Gasteiger partial charge in [-0.05, 0) is 38.0 Å². The van der Waals surface area contributed by atoms with Gasteiger partial charge in [0.25, 0.3) is 0 Å². The third kappa shape index (κ3) is 2.60. The maximum absolute atomic E-state index is 9.31. The molecular formula is C15H24N4. The number of rotatable bonds is 2. The Kier molecular flexibility index (Phi) is 3.58. The molecule has 4 nitrogen and oxygen atoms in total. The van der Waals surface area contributed by atoms with Crippen LogP contribution in [-0.2, 0) is 7.05 Å². The van der Waals surface area contributed by atoms with Gasteiger partial charge in [0.1, 0.15) is 17.5 Å². The molecule has 1 aromatic heterocycles. The summed E-state index contributed by atoms with van der Waals surface area (Å²) in [7, 11) is 4.02. The monoisotopic (exact) mass is 260 g/mol. The Morgan fingerprint density at radius 2 is 1.95 bits per heavy atom. The fraction of sp³-hybridized carbons (Fsp3) is 0.733. The first kappa shape index (κ1) is 13.9. The zero-order valence-electron chi connectivity index (χ0n) is 12.7. The molecule has 104 valence electrons. The summed E-state index contributed by atoms with van der Waals surface area (Å²) in [6.07, 6.45) is 4.89. The number of anilines is 1. The van der Waals surface area contributed by atoms with Crippen LogP contribution < -0.4 is 4.90 Å². The zero-order chi connectivity index (χ0) is 14.2. The Hall–Kier alpha value is -1.50. The van der Waals surface area contributed by atoms with Crippen molar-refractivity contribution in [2.75, 3.05) is 11.9 Å². The van der Waals surface area contributed by atoms with Gasteiger partial charge in [0.2, 0.25) is 0 Å². The number of nitrogens with zero attached hydrogens (tertiary/aromatic N) is 4. The van der Waals surface area contributed by atoms with E-state index in [0.717, 1.165) is 17.1 Å². The Balaban J connectivity index is 2.22. The van der Waals surface area contributed by atoms with Crippen LogP contribution in [0.2, 0.25) is 0 Å². The van der Waals surface area contributed by atoms with E-state index in [2.05, 4.69) is 37.0 Å². The van der Waals surface area contributed by atoms with Crippen LogP contribution in [0.5, 0.6) is 0 Å². The van der Waals surface area contributed by atoms with Crippen LogP contribution in [0.3, 0.4) is 0 Å². The highest BCUT2D eigenvalue weighted by Crippen LogP contribution is 2.38. The number of aromatic nitrogens is 2. The highest BCUT2D eigenvalue weighted by molar-refractivity contribution is 5.57. The van der Waals surface area contributed by atoms with Gasteiger partial charge in [-0.25, -0.2) is 0 Å². The summed E-state index contributed by atoms with van der Waals surface area (Å²) in [4.78, 5) is 2.26. The Bertz CT molecular complexity index is 497. The molecule has 1 fully saturated rings. The molecule has 0 radical (unpaired) electrons. The molecule has 0 atom stereocenters. The molecule has 1 heterocycles. The van der Waals surface area contributed by atoms with E-state index >= 15 is 0 Å². The first-order chi connectivity index (χ1) is 8.85. The summed E-state index contributed by atoms with van der Waals surface area (Å²) in [5.74, 6) is 0.963. The lowest BCUT2D eigenvalue weighted by molar-refractivity contribution is 0.222. The first-order valence-corrected chi connectivity index (χ1v) is 7.02. The van der Waals surface area contributed by atoms with Crippen LogP contribution >= 0.6 is 0 Å². The lowest BCUT2D eigenvalue weighted by Gasteiger charge is -2.39. The van der Waals surface area contributed by atoms with Crippen LogP contribution in [0.25, 0.3) is 0 Å². The van der Waals surface area contributed by atoms with Crippen molar-refractivity contribution in [3.8, 4) is 6.07 Å². The Morgan fingerprint density at radius 1 is 1.37 bits per heavy atom. The predicted molar refractivity (Wildman–Crippen MR) is 77.1 cm³/mol. The smallest absolute Gasteiger partial charge is 0.144 e. The highest BCUT2D eigenvalue weighted by atomic mass is 15.4. The molecule has 19 heavy (non-hydrogen) atoms. The van der Waals surface area contributed by atoms with E-state index in [0.29, 0.717) is 11.5 Å². The van der Waals surface area contributed by atoms with E-state index in [1.54, 1.807) is 0 Å². The van der Waals surface area contributed by atoms with E-state index in [1.165, 1.54) is 25.7 Å². The molecule has 0 bridgehead atoms. The molecule has 1 aromatic rings. The Morgan fingerprint density at radius 3 is 2.47 bits per heavy atom. The van der Waals surface area contributed by atoms with Gasteiger partial charge in [-0.2, -0.15) is 10.4 Å². The highest BCUT2D eigenvalue weighted by Gasteiger charge is 2.31. The van der Waals surface area contributed by atoms with Crippen molar-refractivity contribution in [2.24, 2.45) is 12.5 Å². The average Bonchev–Trinajstić information content (AvgIpc) is 2.62. The van der Waals surface area contributed by atoms with Crippen molar-refractivity contribution in [3.63, 3.8) is 0 Å². The second-order valence-electron chi connectivity index (χ2n) is 6.53. The number of nitriles is 1. The molecule has 0 amide bonds. The maximum Gasteiger partial charge on any atom is 0.144 e. The van der Waals surface area contributed by atoms with Gasteiger partial charge < -0.3 is 4.90 Å². The summed E-state index contributed by atoms with van der Waals surface area (Å²) in [6, 6.07) is 2.82. The molecule has 0 saturated heterocycles. The fourth-order valence-corrected chi connectivity index (χ4v) is 3.13. The maximum atomic E-state index is 9.31. The average molecular weight is 260 g/mol. The van der Waals surface area contributed by atoms with Gasteiger partial charge in [-0.1, -0.05) is 13.8 Å². The fourth-order valence-electron chi connectivity index (χ4n) is 3.13. The predicted octanol–water partition coefficient (Wildman–Crippen LogP) is 3.01. The zero-order valence-corrected chi connectivity index (χ0v) is 12.7. The van der Waals surface area contributed by atoms with Crippen molar-refractivity contribution < 1.29 is 0 Å². The topological polar surface area (TPSA) is 44.9 Å². The molecule has 2 rings (SSSR count). The first-order valence-electron chi connectivity index (χ1n) is 7.02. The molecule has 0 N–H and O–H groups in total. The van der Waals surface area contributed by atoms with Crippen molar-refractivity contribution >= 4 is 5.82 Å². The SMILES string of the molecule is Cc1nn(C)c(N(C)C2CCC(C)(C)CC2)c1C#N. The second-order valence-corrected chi connectivity index (χ2v) is 6.53. The van der Waals surface area contributed by atoms with E-state index in [9.17, 15) is 5.26 Å². The summed E-state index contributed by atoms with van der Waals surface area (Å²) >= 11 is 0. The summed E-state index contributed by atoms with van der Waals surface area (Å²) in [5.41, 5.74) is 2.01. The van der Waals surface area contributed by atoms with Gasteiger partial charge in [0.15, 0.2) is 0 Å². The van der Waals surface area contributed by atoms with Crippen molar-refractivity contribution in [3.05, 3.63) is 11.3 Å². The van der Waals surface area contributed by atoms with Crippen LogP contribution in [0.4, 0.5) is 5.82 Å². The quantitative estimate of drug-likeness (QED) is 0.821. The van der Waals surface area contributed by atoms with Gasteiger partial charge in [0.05, 0.1) is 5.69 Å². The van der Waals surface area contributed by atoms with E-state index in [-0.39, 0.29) is 0 Å². The van der Waals surface area contributed by atoms with E-state index < -0.39 is 0 Å². The summed E-state index contributed by atoms with van der Waals surface area (Å²) in [6.45, 7) is 6.59. The lowest BCUT2D eigenvalue weighted by Crippen LogP contribution is -2.38. The Labute approximate surface area is 116 Å². The van der Waals surface area contributed by atoms with Crippen molar-refractivity contribution in [2.45, 2.75) is 52.5 Å². The van der Waals surface area contributed by atoms with Crippen LogP contribution in [-0.4, -0.2) is 22.9 Å².